The van der Waals surface area contributed by atoms with Crippen molar-refractivity contribution in [2.24, 2.45) is 0 Å². The largest absolute Gasteiger partial charge is 0.424 e. The van der Waals surface area contributed by atoms with Crippen molar-refractivity contribution in [3.63, 3.8) is 0 Å². The first-order chi connectivity index (χ1) is 13.5. The number of aromatic nitrogens is 4. The normalized spacial score (nSPS) is 26.9. The number of benzene rings is 1. The summed E-state index contributed by atoms with van der Waals surface area (Å²) >= 11 is 0. The van der Waals surface area contributed by atoms with E-state index in [2.05, 4.69) is 15.0 Å². The second-order valence-electron chi connectivity index (χ2n) is 7.09. The molecule has 2 aliphatic rings. The Morgan fingerprint density at radius 2 is 2.18 bits per heavy atom. The zero-order valence-corrected chi connectivity index (χ0v) is 16.2. The van der Waals surface area contributed by atoms with Crippen LogP contribution in [0.4, 0.5) is 5.82 Å². The van der Waals surface area contributed by atoms with E-state index in [0.29, 0.717) is 22.7 Å². The summed E-state index contributed by atoms with van der Waals surface area (Å²) in [5.74, 6) is 1.00. The average molecular weight is 401 g/mol. The first-order valence-corrected chi connectivity index (χ1v) is 10.9. The van der Waals surface area contributed by atoms with Crippen molar-refractivity contribution in [1.29, 1.82) is 0 Å². The number of anilines is 1. The van der Waals surface area contributed by atoms with Crippen molar-refractivity contribution in [1.82, 2.24) is 19.5 Å². The molecule has 5 rings (SSSR count). The lowest BCUT2D eigenvalue weighted by Crippen LogP contribution is -2.20. The first kappa shape index (κ1) is 17.6. The smallest absolute Gasteiger partial charge is 0.382 e. The summed E-state index contributed by atoms with van der Waals surface area (Å²) in [5.41, 5.74) is 8.89. The Bertz CT molecular complexity index is 1100. The number of ether oxygens (including phenoxy) is 1. The van der Waals surface area contributed by atoms with Gasteiger partial charge in [0.2, 0.25) is 0 Å². The standard InChI is InChI=1S/C18H20N5O4P/c1-11-3-2-4-12-7-25-28(24,27-16(11)12)8-13-5-6-14(26-13)23-10-22-15-17(19)20-9-21-18(15)23/h2-4,9-10,13-14H,5-8H2,1H3,(H2,19,20,21)/t13-,14+,28?/m1/s1. The summed E-state index contributed by atoms with van der Waals surface area (Å²) in [6.45, 7) is 2.22. The lowest BCUT2D eigenvalue weighted by atomic mass is 10.1. The van der Waals surface area contributed by atoms with Gasteiger partial charge in [0.05, 0.1) is 25.2 Å². The van der Waals surface area contributed by atoms with Crippen LogP contribution in [0.3, 0.4) is 0 Å². The molecule has 0 bridgehead atoms. The van der Waals surface area contributed by atoms with Crippen LogP contribution in [0.25, 0.3) is 11.2 Å². The lowest BCUT2D eigenvalue weighted by molar-refractivity contribution is 0.0120. The predicted octanol–water partition coefficient (Wildman–Crippen LogP) is 3.20. The van der Waals surface area contributed by atoms with Gasteiger partial charge in [-0.15, -0.1) is 0 Å². The fraction of sp³-hybridized carbons (Fsp3) is 0.389. The molecule has 3 aromatic rings. The molecule has 4 heterocycles. The molecule has 1 fully saturated rings. The van der Waals surface area contributed by atoms with Crippen LogP contribution in [0.1, 0.15) is 30.2 Å². The van der Waals surface area contributed by atoms with Gasteiger partial charge < -0.3 is 15.0 Å². The third kappa shape index (κ3) is 2.96. The number of imidazole rings is 1. The highest BCUT2D eigenvalue weighted by molar-refractivity contribution is 7.54. The first-order valence-electron chi connectivity index (χ1n) is 9.12. The molecule has 3 atom stereocenters. The van der Waals surface area contributed by atoms with Crippen LogP contribution in [0.5, 0.6) is 5.75 Å². The van der Waals surface area contributed by atoms with Crippen molar-refractivity contribution in [3.05, 3.63) is 42.0 Å². The molecule has 1 unspecified atom stereocenters. The van der Waals surface area contributed by atoms with E-state index in [0.717, 1.165) is 24.0 Å². The predicted molar refractivity (Wildman–Crippen MR) is 102 cm³/mol. The van der Waals surface area contributed by atoms with E-state index < -0.39 is 7.60 Å². The van der Waals surface area contributed by atoms with Crippen LogP contribution in [0.2, 0.25) is 0 Å². The summed E-state index contributed by atoms with van der Waals surface area (Å²) in [7, 11) is -3.28. The molecule has 10 heteroatoms. The molecule has 2 aromatic heterocycles. The Hall–Kier alpha value is -2.48. The molecule has 0 spiro atoms. The van der Waals surface area contributed by atoms with E-state index in [9.17, 15) is 4.57 Å². The second kappa shape index (κ2) is 6.55. The summed E-state index contributed by atoms with van der Waals surface area (Å²) < 4.78 is 32.6. The highest BCUT2D eigenvalue weighted by Gasteiger charge is 2.39. The number of hydrogen-bond acceptors (Lipinski definition) is 8. The quantitative estimate of drug-likeness (QED) is 0.666. The van der Waals surface area contributed by atoms with Gasteiger partial charge in [-0.05, 0) is 25.3 Å². The Morgan fingerprint density at radius 3 is 3.07 bits per heavy atom. The van der Waals surface area contributed by atoms with Crippen molar-refractivity contribution >= 4 is 24.6 Å². The Kier molecular flexibility index (Phi) is 4.12. The lowest BCUT2D eigenvalue weighted by Gasteiger charge is -2.28. The topological polar surface area (TPSA) is 114 Å². The maximum Gasteiger partial charge on any atom is 0.382 e. The zero-order chi connectivity index (χ0) is 19.3. The van der Waals surface area contributed by atoms with Gasteiger partial charge in [-0.25, -0.2) is 19.5 Å². The third-order valence-electron chi connectivity index (χ3n) is 5.15. The fourth-order valence-corrected chi connectivity index (χ4v) is 5.61. The van der Waals surface area contributed by atoms with Gasteiger partial charge in [0.15, 0.2) is 11.5 Å². The number of fused-ring (bicyclic) bond motifs is 2. The van der Waals surface area contributed by atoms with Crippen LogP contribution in [0.15, 0.2) is 30.9 Å². The molecular weight excluding hydrogens is 381 g/mol. The molecule has 0 saturated carbocycles. The van der Waals surface area contributed by atoms with Gasteiger partial charge in [-0.2, -0.15) is 0 Å². The molecule has 0 amide bonds. The van der Waals surface area contributed by atoms with Gasteiger partial charge in [-0.1, -0.05) is 18.2 Å². The number of nitrogens with two attached hydrogens (primary N) is 1. The molecular formula is C18H20N5O4P. The maximum atomic E-state index is 13.2. The van der Waals surface area contributed by atoms with E-state index in [1.807, 2.05) is 29.7 Å². The van der Waals surface area contributed by atoms with Gasteiger partial charge in [0.1, 0.15) is 23.8 Å². The van der Waals surface area contributed by atoms with E-state index in [-0.39, 0.29) is 25.1 Å². The number of rotatable bonds is 3. The summed E-state index contributed by atoms with van der Waals surface area (Å²) in [6, 6.07) is 5.80. The molecule has 146 valence electrons. The van der Waals surface area contributed by atoms with Gasteiger partial charge in [0, 0.05) is 5.56 Å². The molecule has 28 heavy (non-hydrogen) atoms. The summed E-state index contributed by atoms with van der Waals surface area (Å²) in [6.07, 6.45) is 4.26. The SMILES string of the molecule is Cc1cccc2c1OP(=O)(C[C@H]1CC[C@@H](n3cnc4c(N)ncnc43)O1)OC2. The minimum Gasteiger partial charge on any atom is -0.424 e. The number of aryl methyl sites for hydroxylation is 1. The average Bonchev–Trinajstić information content (AvgIpc) is 3.30. The molecule has 2 N–H and O–H groups in total. The second-order valence-corrected chi connectivity index (χ2v) is 9.12. The molecule has 0 radical (unpaired) electrons. The van der Waals surface area contributed by atoms with Crippen LogP contribution in [-0.4, -0.2) is 31.8 Å². The molecule has 1 aromatic carbocycles. The van der Waals surface area contributed by atoms with E-state index in [1.165, 1.54) is 6.33 Å². The number of para-hydroxylation sites is 1. The highest BCUT2D eigenvalue weighted by Crippen LogP contribution is 2.56. The van der Waals surface area contributed by atoms with E-state index in [4.69, 9.17) is 19.5 Å². The minimum atomic E-state index is -3.28. The molecule has 9 nitrogen and oxygen atoms in total. The third-order valence-corrected chi connectivity index (χ3v) is 6.99. The van der Waals surface area contributed by atoms with Crippen LogP contribution < -0.4 is 10.3 Å². The number of hydrogen-bond donors (Lipinski definition) is 1. The van der Waals surface area contributed by atoms with Crippen molar-refractivity contribution in [2.75, 3.05) is 11.9 Å². The Labute approximate surface area is 161 Å². The zero-order valence-electron chi connectivity index (χ0n) is 15.3. The van der Waals surface area contributed by atoms with Crippen molar-refractivity contribution in [3.8, 4) is 5.75 Å². The summed E-state index contributed by atoms with van der Waals surface area (Å²) in [5, 5.41) is 0. The van der Waals surface area contributed by atoms with Gasteiger partial charge >= 0.3 is 7.60 Å². The van der Waals surface area contributed by atoms with Crippen LogP contribution in [0, 0.1) is 6.92 Å². The molecule has 2 aliphatic heterocycles. The highest BCUT2D eigenvalue weighted by atomic mass is 31.2. The van der Waals surface area contributed by atoms with E-state index in [1.54, 1.807) is 6.33 Å². The number of nitrogens with zero attached hydrogens (tertiary/aromatic N) is 4. The van der Waals surface area contributed by atoms with Gasteiger partial charge in [0.25, 0.3) is 0 Å². The fourth-order valence-electron chi connectivity index (χ4n) is 3.74. The Morgan fingerprint density at radius 1 is 1.29 bits per heavy atom. The monoisotopic (exact) mass is 401 g/mol. The van der Waals surface area contributed by atoms with Crippen LogP contribution >= 0.6 is 7.60 Å². The minimum absolute atomic E-state index is 0.209. The molecule has 1 saturated heterocycles. The molecule has 0 aliphatic carbocycles. The van der Waals surface area contributed by atoms with Crippen molar-refractivity contribution in [2.45, 2.75) is 38.7 Å². The number of nitrogen functional groups attached to an aromatic ring is 1. The van der Waals surface area contributed by atoms with E-state index >= 15 is 0 Å². The van der Waals surface area contributed by atoms with Gasteiger partial charge in [-0.3, -0.25) is 9.09 Å². The Balaban J connectivity index is 1.32. The van der Waals surface area contributed by atoms with Crippen LogP contribution in [-0.2, 0) is 20.4 Å². The van der Waals surface area contributed by atoms with Crippen molar-refractivity contribution < 1.29 is 18.3 Å². The maximum absolute atomic E-state index is 13.2. The summed E-state index contributed by atoms with van der Waals surface area (Å²) in [4.78, 5) is 12.5.